The van der Waals surface area contributed by atoms with Crippen LogP contribution in [0.25, 0.3) is 0 Å². The summed E-state index contributed by atoms with van der Waals surface area (Å²) in [6.07, 6.45) is 0.951. The number of nitrogens with zero attached hydrogens (tertiary/aromatic N) is 4. The predicted molar refractivity (Wildman–Crippen MR) is 109 cm³/mol. The summed E-state index contributed by atoms with van der Waals surface area (Å²) >= 11 is 0. The Bertz CT molecular complexity index is 777. The standard InChI is InChI=1S/C21H31N5O/c1-16-6-5-7-19(14-16)26-12-10-25(11-13-26)9-8-17(2)22-21(27)20-15-18(3)23-24(20)4/h5-7,14-15,17H,8-13H2,1-4H3,(H,22,27). The smallest absolute Gasteiger partial charge is 0.269 e. The lowest BCUT2D eigenvalue weighted by atomic mass is 10.1. The first-order valence-electron chi connectivity index (χ1n) is 9.78. The molecule has 0 aliphatic carbocycles. The van der Waals surface area contributed by atoms with Gasteiger partial charge in [0, 0.05) is 51.5 Å². The molecule has 0 bridgehead atoms. The maximum absolute atomic E-state index is 12.4. The number of amides is 1. The number of hydrogen-bond donors (Lipinski definition) is 1. The van der Waals surface area contributed by atoms with Crippen LogP contribution in [-0.2, 0) is 7.05 Å². The molecule has 6 nitrogen and oxygen atoms in total. The zero-order valence-corrected chi connectivity index (χ0v) is 16.9. The normalized spacial score (nSPS) is 16.4. The molecule has 1 fully saturated rings. The predicted octanol–water partition coefficient (Wildman–Crippen LogP) is 2.37. The number of benzene rings is 1. The Hall–Kier alpha value is -2.34. The number of anilines is 1. The summed E-state index contributed by atoms with van der Waals surface area (Å²) in [4.78, 5) is 17.3. The van der Waals surface area contributed by atoms with E-state index in [1.165, 1.54) is 11.3 Å². The van der Waals surface area contributed by atoms with Crippen LogP contribution < -0.4 is 10.2 Å². The van der Waals surface area contributed by atoms with E-state index in [2.05, 4.69) is 58.3 Å². The van der Waals surface area contributed by atoms with Gasteiger partial charge in [0.15, 0.2) is 0 Å². The van der Waals surface area contributed by atoms with E-state index in [0.29, 0.717) is 5.69 Å². The Labute approximate surface area is 162 Å². The monoisotopic (exact) mass is 369 g/mol. The van der Waals surface area contributed by atoms with Crippen LogP contribution in [0.2, 0.25) is 0 Å². The summed E-state index contributed by atoms with van der Waals surface area (Å²) in [6.45, 7) is 11.4. The molecule has 0 saturated carbocycles. The summed E-state index contributed by atoms with van der Waals surface area (Å²) < 4.78 is 1.64. The summed E-state index contributed by atoms with van der Waals surface area (Å²) in [5.74, 6) is -0.0464. The second-order valence-electron chi connectivity index (χ2n) is 7.63. The number of hydrogen-bond acceptors (Lipinski definition) is 4. The van der Waals surface area contributed by atoms with E-state index < -0.39 is 0 Å². The third kappa shape index (κ3) is 5.10. The Morgan fingerprint density at radius 2 is 1.93 bits per heavy atom. The number of piperazine rings is 1. The Morgan fingerprint density at radius 1 is 1.19 bits per heavy atom. The lowest BCUT2D eigenvalue weighted by Gasteiger charge is -2.36. The highest BCUT2D eigenvalue weighted by Crippen LogP contribution is 2.18. The van der Waals surface area contributed by atoms with E-state index in [-0.39, 0.29) is 11.9 Å². The molecule has 27 heavy (non-hydrogen) atoms. The average molecular weight is 370 g/mol. The van der Waals surface area contributed by atoms with Gasteiger partial charge in [0.1, 0.15) is 5.69 Å². The van der Waals surface area contributed by atoms with Gasteiger partial charge in [-0.15, -0.1) is 0 Å². The molecule has 1 aliphatic rings. The first-order valence-corrected chi connectivity index (χ1v) is 9.78. The minimum absolute atomic E-state index is 0.0464. The second kappa shape index (κ2) is 8.57. The molecule has 1 aliphatic heterocycles. The molecule has 1 atom stereocenters. The summed E-state index contributed by atoms with van der Waals surface area (Å²) in [5, 5.41) is 7.33. The molecule has 1 amide bonds. The largest absolute Gasteiger partial charge is 0.369 e. The molecule has 0 radical (unpaired) electrons. The van der Waals surface area contributed by atoms with Gasteiger partial charge in [0.2, 0.25) is 0 Å². The van der Waals surface area contributed by atoms with Crippen molar-refractivity contribution in [2.45, 2.75) is 33.2 Å². The van der Waals surface area contributed by atoms with Crippen molar-refractivity contribution in [2.75, 3.05) is 37.6 Å². The van der Waals surface area contributed by atoms with Crippen molar-refractivity contribution in [3.05, 3.63) is 47.3 Å². The third-order valence-corrected chi connectivity index (χ3v) is 5.23. The van der Waals surface area contributed by atoms with Crippen LogP contribution in [0.1, 0.15) is 35.1 Å². The van der Waals surface area contributed by atoms with E-state index >= 15 is 0 Å². The Morgan fingerprint density at radius 3 is 2.56 bits per heavy atom. The zero-order chi connectivity index (χ0) is 19.4. The first kappa shape index (κ1) is 19.4. The molecule has 1 N–H and O–H groups in total. The number of carbonyl (C=O) groups is 1. The van der Waals surface area contributed by atoms with Crippen molar-refractivity contribution in [3.8, 4) is 0 Å². The molecular weight excluding hydrogens is 338 g/mol. The van der Waals surface area contributed by atoms with Crippen molar-refractivity contribution in [2.24, 2.45) is 7.05 Å². The molecular formula is C21H31N5O. The SMILES string of the molecule is Cc1cccc(N2CCN(CCC(C)NC(=O)c3cc(C)nn3C)CC2)c1. The number of nitrogens with one attached hydrogen (secondary N) is 1. The number of carbonyl (C=O) groups excluding carboxylic acids is 1. The quantitative estimate of drug-likeness (QED) is 0.849. The molecule has 2 aromatic rings. The fourth-order valence-electron chi connectivity index (χ4n) is 3.62. The van der Waals surface area contributed by atoms with E-state index in [1.807, 2.05) is 13.0 Å². The van der Waals surface area contributed by atoms with Crippen molar-refractivity contribution in [1.29, 1.82) is 0 Å². The number of rotatable bonds is 6. The zero-order valence-electron chi connectivity index (χ0n) is 16.9. The summed E-state index contributed by atoms with van der Waals surface area (Å²) in [5.41, 5.74) is 4.11. The molecule has 1 saturated heterocycles. The van der Waals surface area contributed by atoms with Crippen molar-refractivity contribution >= 4 is 11.6 Å². The molecule has 3 rings (SSSR count). The van der Waals surface area contributed by atoms with Crippen LogP contribution in [0.5, 0.6) is 0 Å². The highest BCUT2D eigenvalue weighted by Gasteiger charge is 2.19. The van der Waals surface area contributed by atoms with E-state index in [9.17, 15) is 4.79 Å². The van der Waals surface area contributed by atoms with Gasteiger partial charge in [0.25, 0.3) is 5.91 Å². The lowest BCUT2D eigenvalue weighted by Crippen LogP contribution is -2.47. The number of aryl methyl sites for hydroxylation is 3. The average Bonchev–Trinajstić information content (AvgIpc) is 2.99. The summed E-state index contributed by atoms with van der Waals surface area (Å²) in [7, 11) is 1.81. The molecule has 146 valence electrons. The van der Waals surface area contributed by atoms with Crippen LogP contribution in [0.4, 0.5) is 5.69 Å². The van der Waals surface area contributed by atoms with Crippen LogP contribution in [0.3, 0.4) is 0 Å². The van der Waals surface area contributed by atoms with Gasteiger partial charge < -0.3 is 10.2 Å². The fourth-order valence-corrected chi connectivity index (χ4v) is 3.62. The van der Waals surface area contributed by atoms with Crippen molar-refractivity contribution < 1.29 is 4.79 Å². The van der Waals surface area contributed by atoms with Gasteiger partial charge in [-0.25, -0.2) is 0 Å². The topological polar surface area (TPSA) is 53.4 Å². The van der Waals surface area contributed by atoms with Crippen molar-refractivity contribution in [1.82, 2.24) is 20.0 Å². The molecule has 1 aromatic carbocycles. The molecule has 0 spiro atoms. The Kier molecular flexibility index (Phi) is 6.16. The van der Waals surface area contributed by atoms with E-state index in [1.54, 1.807) is 11.7 Å². The second-order valence-corrected chi connectivity index (χ2v) is 7.63. The maximum atomic E-state index is 12.4. The van der Waals surface area contributed by atoms with E-state index in [0.717, 1.165) is 44.8 Å². The Balaban J connectivity index is 1.42. The minimum atomic E-state index is -0.0464. The van der Waals surface area contributed by atoms with Crippen molar-refractivity contribution in [3.63, 3.8) is 0 Å². The van der Waals surface area contributed by atoms with Gasteiger partial charge in [-0.3, -0.25) is 14.4 Å². The maximum Gasteiger partial charge on any atom is 0.269 e. The van der Waals surface area contributed by atoms with Crippen LogP contribution in [-0.4, -0.2) is 59.4 Å². The highest BCUT2D eigenvalue weighted by atomic mass is 16.2. The van der Waals surface area contributed by atoms with Gasteiger partial charge in [-0.1, -0.05) is 12.1 Å². The number of aromatic nitrogens is 2. The first-order chi connectivity index (χ1) is 12.9. The van der Waals surface area contributed by atoms with Gasteiger partial charge in [0.05, 0.1) is 5.69 Å². The van der Waals surface area contributed by atoms with Gasteiger partial charge in [-0.05, 0) is 51.0 Å². The minimum Gasteiger partial charge on any atom is -0.369 e. The van der Waals surface area contributed by atoms with Gasteiger partial charge >= 0.3 is 0 Å². The van der Waals surface area contributed by atoms with Gasteiger partial charge in [-0.2, -0.15) is 5.10 Å². The highest BCUT2D eigenvalue weighted by molar-refractivity contribution is 5.92. The van der Waals surface area contributed by atoms with E-state index in [4.69, 9.17) is 0 Å². The molecule has 2 heterocycles. The van der Waals surface area contributed by atoms with Crippen LogP contribution in [0.15, 0.2) is 30.3 Å². The van der Waals surface area contributed by atoms with Crippen LogP contribution in [0, 0.1) is 13.8 Å². The summed E-state index contributed by atoms with van der Waals surface area (Å²) in [6, 6.07) is 10.7. The molecule has 1 aromatic heterocycles. The molecule has 1 unspecified atom stereocenters. The third-order valence-electron chi connectivity index (χ3n) is 5.23. The fraction of sp³-hybridized carbons (Fsp3) is 0.524. The van der Waals surface area contributed by atoms with Crippen LogP contribution >= 0.6 is 0 Å². The lowest BCUT2D eigenvalue weighted by molar-refractivity contribution is 0.0925. The molecule has 6 heteroatoms.